The van der Waals surface area contributed by atoms with Gasteiger partial charge in [-0.05, 0) is 13.0 Å². The van der Waals surface area contributed by atoms with Crippen LogP contribution in [0.3, 0.4) is 0 Å². The summed E-state index contributed by atoms with van der Waals surface area (Å²) in [5, 5.41) is 3.32. The van der Waals surface area contributed by atoms with Crippen molar-refractivity contribution in [3.8, 4) is 0 Å². The molecule has 2 rings (SSSR count). The normalized spacial score (nSPS) is 26.5. The van der Waals surface area contributed by atoms with Crippen molar-refractivity contribution in [3.63, 3.8) is 0 Å². The maximum Gasteiger partial charge on any atom is 0.331 e. The van der Waals surface area contributed by atoms with Crippen molar-refractivity contribution in [1.29, 1.82) is 0 Å². The fourth-order valence-electron chi connectivity index (χ4n) is 2.19. The van der Waals surface area contributed by atoms with Gasteiger partial charge in [-0.25, -0.2) is 4.79 Å². The zero-order valence-electron chi connectivity index (χ0n) is 9.12. The molecule has 0 unspecified atom stereocenters. The smallest absolute Gasteiger partial charge is 0.331 e. The van der Waals surface area contributed by atoms with Gasteiger partial charge < -0.3 is 14.8 Å². The molecule has 2 fully saturated rings. The summed E-state index contributed by atoms with van der Waals surface area (Å²) in [6, 6.07) is 0. The molecule has 2 heterocycles. The molecular weight excluding hydrogens is 196 g/mol. The number of hydrogen-bond acceptors (Lipinski definition) is 5. The van der Waals surface area contributed by atoms with Gasteiger partial charge in [0.15, 0.2) is 5.54 Å². The molecule has 0 aromatic carbocycles. The third-order valence-electron chi connectivity index (χ3n) is 3.19. The third-order valence-corrected chi connectivity index (χ3v) is 3.19. The number of nitrogens with one attached hydrogen (secondary N) is 1. The first-order valence-electron chi connectivity index (χ1n) is 5.41. The summed E-state index contributed by atoms with van der Waals surface area (Å²) in [5.74, 6) is -0.157. The molecule has 86 valence electrons. The van der Waals surface area contributed by atoms with Gasteiger partial charge in [0.1, 0.15) is 0 Å². The SMILES string of the molecule is COC(=O)C1(N2CCCNCC2)COC1. The maximum atomic E-state index is 11.8. The summed E-state index contributed by atoms with van der Waals surface area (Å²) in [6.07, 6.45) is 1.07. The first-order valence-corrected chi connectivity index (χ1v) is 5.41. The van der Waals surface area contributed by atoms with Crippen LogP contribution in [-0.4, -0.2) is 62.9 Å². The van der Waals surface area contributed by atoms with Gasteiger partial charge in [-0.1, -0.05) is 0 Å². The third kappa shape index (κ3) is 1.87. The molecule has 0 amide bonds. The Labute approximate surface area is 89.7 Å². The number of rotatable bonds is 2. The second kappa shape index (κ2) is 4.47. The Morgan fingerprint density at radius 3 is 2.80 bits per heavy atom. The van der Waals surface area contributed by atoms with Gasteiger partial charge in [-0.2, -0.15) is 0 Å². The Bertz CT molecular complexity index is 233. The van der Waals surface area contributed by atoms with E-state index in [1.807, 2.05) is 0 Å². The minimum atomic E-state index is -0.499. The lowest BCUT2D eigenvalue weighted by molar-refractivity contribution is -0.190. The largest absolute Gasteiger partial charge is 0.467 e. The Balaban J connectivity index is 2.06. The summed E-state index contributed by atoms with van der Waals surface area (Å²) in [6.45, 7) is 4.72. The fraction of sp³-hybridized carbons (Fsp3) is 0.900. The minimum absolute atomic E-state index is 0.157. The Morgan fingerprint density at radius 2 is 2.20 bits per heavy atom. The van der Waals surface area contributed by atoms with Crippen molar-refractivity contribution < 1.29 is 14.3 Å². The molecule has 2 aliphatic heterocycles. The van der Waals surface area contributed by atoms with Crippen LogP contribution in [0, 0.1) is 0 Å². The van der Waals surface area contributed by atoms with Crippen molar-refractivity contribution in [3.05, 3.63) is 0 Å². The van der Waals surface area contributed by atoms with E-state index in [9.17, 15) is 4.79 Å². The molecule has 0 aliphatic carbocycles. The lowest BCUT2D eigenvalue weighted by Gasteiger charge is -2.46. The number of carbonyl (C=O) groups excluding carboxylic acids is 1. The molecule has 0 saturated carbocycles. The van der Waals surface area contributed by atoms with Crippen molar-refractivity contribution in [2.75, 3.05) is 46.5 Å². The summed E-state index contributed by atoms with van der Waals surface area (Å²) in [4.78, 5) is 14.0. The number of nitrogens with zero attached hydrogens (tertiary/aromatic N) is 1. The molecule has 2 saturated heterocycles. The molecule has 0 atom stereocenters. The highest BCUT2D eigenvalue weighted by Crippen LogP contribution is 2.27. The van der Waals surface area contributed by atoms with Crippen LogP contribution in [0.25, 0.3) is 0 Å². The van der Waals surface area contributed by atoms with Crippen LogP contribution in [0.15, 0.2) is 0 Å². The molecule has 15 heavy (non-hydrogen) atoms. The van der Waals surface area contributed by atoms with Crippen LogP contribution >= 0.6 is 0 Å². The topological polar surface area (TPSA) is 50.8 Å². The first kappa shape index (κ1) is 10.9. The first-order chi connectivity index (χ1) is 7.29. The van der Waals surface area contributed by atoms with Crippen molar-refractivity contribution in [2.24, 2.45) is 0 Å². The van der Waals surface area contributed by atoms with E-state index in [0.717, 1.165) is 32.6 Å². The van der Waals surface area contributed by atoms with E-state index in [-0.39, 0.29) is 5.97 Å². The van der Waals surface area contributed by atoms with Crippen LogP contribution in [0.5, 0.6) is 0 Å². The second-order valence-electron chi connectivity index (χ2n) is 4.11. The van der Waals surface area contributed by atoms with E-state index in [1.54, 1.807) is 0 Å². The summed E-state index contributed by atoms with van der Waals surface area (Å²) >= 11 is 0. The number of methoxy groups -OCH3 is 1. The maximum absolute atomic E-state index is 11.8. The highest BCUT2D eigenvalue weighted by Gasteiger charge is 2.51. The molecule has 0 aromatic heterocycles. The van der Waals surface area contributed by atoms with Gasteiger partial charge in [0.2, 0.25) is 0 Å². The van der Waals surface area contributed by atoms with E-state index in [1.165, 1.54) is 7.11 Å². The molecule has 0 radical (unpaired) electrons. The zero-order chi connectivity index (χ0) is 10.7. The number of hydrogen-bond donors (Lipinski definition) is 1. The minimum Gasteiger partial charge on any atom is -0.467 e. The standard InChI is InChI=1S/C10H18N2O3/c1-14-9(13)10(7-15-8-10)12-5-2-3-11-4-6-12/h11H,2-8H2,1H3. The summed E-state index contributed by atoms with van der Waals surface area (Å²) in [5.41, 5.74) is -0.499. The van der Waals surface area contributed by atoms with E-state index in [0.29, 0.717) is 13.2 Å². The molecule has 0 aromatic rings. The van der Waals surface area contributed by atoms with E-state index in [2.05, 4.69) is 10.2 Å². The predicted molar refractivity (Wildman–Crippen MR) is 54.6 cm³/mol. The van der Waals surface area contributed by atoms with E-state index in [4.69, 9.17) is 9.47 Å². The molecule has 0 bridgehead atoms. The summed E-state index contributed by atoms with van der Waals surface area (Å²) in [7, 11) is 1.44. The second-order valence-corrected chi connectivity index (χ2v) is 4.11. The molecule has 2 aliphatic rings. The van der Waals surface area contributed by atoms with Gasteiger partial charge in [0.05, 0.1) is 20.3 Å². The predicted octanol–water partition coefficient (Wildman–Crippen LogP) is -0.776. The van der Waals surface area contributed by atoms with Crippen LogP contribution in [-0.2, 0) is 14.3 Å². The van der Waals surface area contributed by atoms with Crippen LogP contribution < -0.4 is 5.32 Å². The monoisotopic (exact) mass is 214 g/mol. The van der Waals surface area contributed by atoms with Crippen molar-refractivity contribution >= 4 is 5.97 Å². The number of esters is 1. The van der Waals surface area contributed by atoms with Gasteiger partial charge >= 0.3 is 5.97 Å². The molecule has 1 N–H and O–H groups in total. The van der Waals surface area contributed by atoms with E-state index < -0.39 is 5.54 Å². The lowest BCUT2D eigenvalue weighted by atomic mass is 9.94. The van der Waals surface area contributed by atoms with Gasteiger partial charge in [0, 0.05) is 19.6 Å². The lowest BCUT2D eigenvalue weighted by Crippen LogP contribution is -2.68. The fourth-order valence-corrected chi connectivity index (χ4v) is 2.19. The Hall–Kier alpha value is -0.650. The van der Waals surface area contributed by atoms with Gasteiger partial charge in [-0.15, -0.1) is 0 Å². The Morgan fingerprint density at radius 1 is 1.40 bits per heavy atom. The summed E-state index contributed by atoms with van der Waals surface area (Å²) < 4.78 is 10.1. The van der Waals surface area contributed by atoms with Crippen LogP contribution in [0.2, 0.25) is 0 Å². The molecule has 0 spiro atoms. The van der Waals surface area contributed by atoms with Crippen LogP contribution in [0.1, 0.15) is 6.42 Å². The van der Waals surface area contributed by atoms with Gasteiger partial charge in [-0.3, -0.25) is 4.90 Å². The van der Waals surface area contributed by atoms with E-state index >= 15 is 0 Å². The van der Waals surface area contributed by atoms with Gasteiger partial charge in [0.25, 0.3) is 0 Å². The molecule has 5 nitrogen and oxygen atoms in total. The number of carbonyl (C=O) groups is 1. The zero-order valence-corrected chi connectivity index (χ0v) is 9.12. The highest BCUT2D eigenvalue weighted by atomic mass is 16.6. The van der Waals surface area contributed by atoms with Crippen LogP contribution in [0.4, 0.5) is 0 Å². The van der Waals surface area contributed by atoms with Crippen molar-refractivity contribution in [2.45, 2.75) is 12.0 Å². The average molecular weight is 214 g/mol. The van der Waals surface area contributed by atoms with Crippen molar-refractivity contribution in [1.82, 2.24) is 10.2 Å². The highest BCUT2D eigenvalue weighted by molar-refractivity contribution is 5.82. The number of ether oxygens (including phenoxy) is 2. The molecular formula is C10H18N2O3. The average Bonchev–Trinajstić information content (AvgIpc) is 2.45. The Kier molecular flexibility index (Phi) is 3.23. The quantitative estimate of drug-likeness (QED) is 0.611. The molecule has 5 heteroatoms.